The maximum absolute atomic E-state index is 14.7. The van der Waals surface area contributed by atoms with Crippen molar-refractivity contribution in [2.75, 3.05) is 62.6 Å². The van der Waals surface area contributed by atoms with Crippen molar-refractivity contribution in [3.63, 3.8) is 0 Å². The van der Waals surface area contributed by atoms with E-state index in [2.05, 4.69) is 42.6 Å². The van der Waals surface area contributed by atoms with Crippen LogP contribution in [0.25, 0.3) is 10.4 Å². The van der Waals surface area contributed by atoms with E-state index in [0.717, 1.165) is 122 Å². The zero-order chi connectivity index (χ0) is 52.6. The smallest absolute Gasteiger partial charge is 0.258 e. The third kappa shape index (κ3) is 13.9. The topological polar surface area (TPSA) is 188 Å². The number of carbonyl (C=O) groups is 4. The van der Waals surface area contributed by atoms with Crippen LogP contribution in [0.3, 0.4) is 0 Å². The largest absolute Gasteiger partial charge is 0.493 e. The van der Waals surface area contributed by atoms with Crippen LogP contribution in [0.4, 0.5) is 15.9 Å². The summed E-state index contributed by atoms with van der Waals surface area (Å²) < 4.78 is 21.1. The van der Waals surface area contributed by atoms with Gasteiger partial charge in [-0.25, -0.2) is 19.3 Å². The molecule has 74 heavy (non-hydrogen) atoms. The summed E-state index contributed by atoms with van der Waals surface area (Å²) in [6, 6.07) is 10.0. The number of aryl methyl sites for hydroxylation is 1. The Balaban J connectivity index is 0.758. The van der Waals surface area contributed by atoms with Gasteiger partial charge in [0.25, 0.3) is 5.91 Å². The standard InChI is InChI=1S/C55H74ClFN10O5S2/c1-36-47(73-35-62-36)38-15-16-39(31-61-50(69)41-13-11-24-67(41)51(70)48(53(2,3)4)64-52(71)55(57)19-20-55)42(30-38)72-29-9-7-6-8-23-65-25-17-37(18-26-65)49(68)63-40-12-10-14-43(46(40)56)74-45-33-59-44(32-60-45)66-27-21-54(5,34-58)22-28-66/h10,12,14-16,30,32-33,35,37,41,48H,6-9,11,13,17-29,31,34,58H2,1-5H3,(H,61,69)(H,63,68)(H,64,71)/t41-,48+/m0/s1. The molecule has 5 heterocycles. The highest BCUT2D eigenvalue weighted by molar-refractivity contribution is 7.99. The van der Waals surface area contributed by atoms with E-state index >= 15 is 0 Å². The lowest BCUT2D eigenvalue weighted by Crippen LogP contribution is -2.58. The molecular formula is C55H74ClFN10O5S2. The van der Waals surface area contributed by atoms with Crippen molar-refractivity contribution in [1.82, 2.24) is 35.4 Å². The molecule has 2 aromatic carbocycles. The fraction of sp³-hybridized carbons (Fsp3) is 0.582. The highest BCUT2D eigenvalue weighted by Gasteiger charge is 2.53. The predicted octanol–water partition coefficient (Wildman–Crippen LogP) is 9.21. The Labute approximate surface area is 449 Å². The first-order valence-corrected chi connectivity index (χ1v) is 28.5. The number of thiazole rings is 1. The summed E-state index contributed by atoms with van der Waals surface area (Å²) in [6.45, 7) is 16.0. The minimum atomic E-state index is -1.91. The molecule has 4 aromatic rings. The number of alkyl halides is 1. The quantitative estimate of drug-likeness (QED) is 0.0581. The summed E-state index contributed by atoms with van der Waals surface area (Å²) in [5.41, 5.74) is 8.75. The second-order valence-corrected chi connectivity index (χ2v) is 24.3. The first-order valence-electron chi connectivity index (χ1n) is 26.4. The summed E-state index contributed by atoms with van der Waals surface area (Å²) in [7, 11) is 0. The van der Waals surface area contributed by atoms with Crippen molar-refractivity contribution >= 4 is 69.8 Å². The monoisotopic (exact) mass is 1070 g/mol. The lowest BCUT2D eigenvalue weighted by atomic mass is 9.80. The summed E-state index contributed by atoms with van der Waals surface area (Å²) in [6.07, 6.45) is 12.6. The van der Waals surface area contributed by atoms with Crippen LogP contribution in [0.5, 0.6) is 5.75 Å². The van der Waals surface area contributed by atoms with Crippen molar-refractivity contribution in [2.24, 2.45) is 22.5 Å². The fourth-order valence-corrected chi connectivity index (χ4v) is 11.9. The van der Waals surface area contributed by atoms with Crippen LogP contribution in [0.2, 0.25) is 5.02 Å². The van der Waals surface area contributed by atoms with E-state index in [1.165, 1.54) is 11.8 Å². The minimum Gasteiger partial charge on any atom is -0.493 e. The van der Waals surface area contributed by atoms with Gasteiger partial charge in [0.15, 0.2) is 5.67 Å². The Morgan fingerprint density at radius 2 is 1.70 bits per heavy atom. The number of amides is 4. The van der Waals surface area contributed by atoms with Crippen molar-refractivity contribution in [3.05, 3.63) is 70.6 Å². The Bertz CT molecular complexity index is 2590. The SMILES string of the molecule is Cc1ncsc1-c1ccc(CNC(=O)[C@@H]2CCCN2C(=O)[C@@H](NC(=O)C2(F)CC2)C(C)(C)C)c(OCCCCCCN2CCC(C(=O)Nc3cccc(Sc4cnc(N5CCC(C)(CN)CC5)cn4)c3Cl)CC2)c1. The van der Waals surface area contributed by atoms with Gasteiger partial charge in [-0.15, -0.1) is 11.3 Å². The van der Waals surface area contributed by atoms with Crippen LogP contribution in [0.1, 0.15) is 116 Å². The number of piperidine rings is 2. The molecule has 1 aliphatic carbocycles. The number of likely N-dealkylation sites (tertiary alicyclic amines) is 2. The molecule has 0 radical (unpaired) electrons. The molecule has 4 aliphatic rings. The molecule has 4 amide bonds. The predicted molar refractivity (Wildman–Crippen MR) is 291 cm³/mol. The van der Waals surface area contributed by atoms with E-state index in [4.69, 9.17) is 27.1 Å². The molecule has 0 unspecified atom stereocenters. The number of halogens is 2. The molecule has 4 fully saturated rings. The summed E-state index contributed by atoms with van der Waals surface area (Å²) in [4.78, 5) is 75.8. The van der Waals surface area contributed by atoms with E-state index < -0.39 is 29.1 Å². The summed E-state index contributed by atoms with van der Waals surface area (Å²) in [5.74, 6) is 0.0526. The molecule has 3 aliphatic heterocycles. The fourth-order valence-electron chi connectivity index (χ4n) is 10.0. The van der Waals surface area contributed by atoms with Crippen molar-refractivity contribution in [3.8, 4) is 16.2 Å². The van der Waals surface area contributed by atoms with Gasteiger partial charge >= 0.3 is 0 Å². The van der Waals surface area contributed by atoms with Crippen LogP contribution >= 0.6 is 34.7 Å². The highest BCUT2D eigenvalue weighted by Crippen LogP contribution is 2.41. The Morgan fingerprint density at radius 1 is 0.946 bits per heavy atom. The summed E-state index contributed by atoms with van der Waals surface area (Å²) in [5, 5.41) is 10.1. The number of hydrogen-bond donors (Lipinski definition) is 4. The Morgan fingerprint density at radius 3 is 2.38 bits per heavy atom. The van der Waals surface area contributed by atoms with E-state index in [1.807, 2.05) is 75.8 Å². The number of hydrogen-bond acceptors (Lipinski definition) is 13. The zero-order valence-electron chi connectivity index (χ0n) is 43.7. The Hall–Kier alpha value is -4.88. The molecule has 5 N–H and O–H groups in total. The van der Waals surface area contributed by atoms with Gasteiger partial charge in [-0.3, -0.25) is 19.2 Å². The van der Waals surface area contributed by atoms with Crippen LogP contribution < -0.4 is 31.3 Å². The van der Waals surface area contributed by atoms with Crippen molar-refractivity contribution < 1.29 is 28.3 Å². The van der Waals surface area contributed by atoms with Crippen LogP contribution in [0, 0.1) is 23.7 Å². The molecule has 8 rings (SSSR count). The number of nitrogens with two attached hydrogens (primary N) is 1. The van der Waals surface area contributed by atoms with Gasteiger partial charge in [0.2, 0.25) is 17.7 Å². The molecule has 2 atom stereocenters. The normalized spacial score (nSPS) is 19.2. The molecule has 400 valence electrons. The molecule has 1 saturated carbocycles. The van der Waals surface area contributed by atoms with E-state index in [9.17, 15) is 23.6 Å². The van der Waals surface area contributed by atoms with Gasteiger partial charge in [-0.1, -0.05) is 82.1 Å². The lowest BCUT2D eigenvalue weighted by molar-refractivity contribution is -0.144. The molecular weight excluding hydrogens is 999 g/mol. The number of carbonyl (C=O) groups excluding carboxylic acids is 4. The number of ether oxygens (including phenoxy) is 1. The second-order valence-electron chi connectivity index (χ2n) is 22.0. The van der Waals surface area contributed by atoms with Crippen LogP contribution in [-0.2, 0) is 25.7 Å². The van der Waals surface area contributed by atoms with Gasteiger partial charge in [-0.2, -0.15) is 0 Å². The molecule has 19 heteroatoms. The minimum absolute atomic E-state index is 0.00381. The van der Waals surface area contributed by atoms with E-state index in [-0.39, 0.29) is 48.4 Å². The first-order chi connectivity index (χ1) is 35.4. The second kappa shape index (κ2) is 24.4. The van der Waals surface area contributed by atoms with Gasteiger partial charge in [0, 0.05) is 42.6 Å². The average Bonchev–Trinajstić information content (AvgIpc) is 3.71. The summed E-state index contributed by atoms with van der Waals surface area (Å²) >= 11 is 9.86. The van der Waals surface area contributed by atoms with Crippen molar-refractivity contribution in [1.29, 1.82) is 0 Å². The third-order valence-corrected chi connectivity index (χ3v) is 17.7. The van der Waals surface area contributed by atoms with Gasteiger partial charge in [0.1, 0.15) is 28.7 Å². The van der Waals surface area contributed by atoms with Gasteiger partial charge < -0.3 is 41.1 Å². The number of benzene rings is 2. The zero-order valence-corrected chi connectivity index (χ0v) is 46.0. The number of anilines is 2. The number of aromatic nitrogens is 3. The molecule has 0 bridgehead atoms. The highest BCUT2D eigenvalue weighted by atomic mass is 35.5. The third-order valence-electron chi connectivity index (χ3n) is 15.3. The molecule has 0 spiro atoms. The first kappa shape index (κ1) is 55.4. The lowest BCUT2D eigenvalue weighted by Gasteiger charge is -2.39. The number of unbranched alkanes of at least 4 members (excludes halogenated alkanes) is 3. The number of nitrogens with zero attached hydrogens (tertiary/aromatic N) is 6. The number of rotatable bonds is 21. The van der Waals surface area contributed by atoms with Crippen LogP contribution in [-0.4, -0.2) is 119 Å². The van der Waals surface area contributed by atoms with Crippen LogP contribution in [0.15, 0.2) is 64.2 Å². The Kier molecular flexibility index (Phi) is 18.3. The van der Waals surface area contributed by atoms with Gasteiger partial charge in [-0.05, 0) is 132 Å². The molecule has 3 saturated heterocycles. The number of nitrogens with one attached hydrogen (secondary N) is 3. The molecule has 2 aromatic heterocycles. The van der Waals surface area contributed by atoms with Crippen molar-refractivity contribution in [2.45, 2.75) is 146 Å². The maximum Gasteiger partial charge on any atom is 0.258 e. The maximum atomic E-state index is 14.7. The van der Waals surface area contributed by atoms with E-state index in [1.54, 1.807) is 22.4 Å². The van der Waals surface area contributed by atoms with Gasteiger partial charge in [0.05, 0.1) is 45.8 Å². The average molecular weight is 1070 g/mol. The molecule has 15 nitrogen and oxygen atoms in total. The van der Waals surface area contributed by atoms with E-state index in [0.29, 0.717) is 49.0 Å².